The third-order valence-corrected chi connectivity index (χ3v) is 3.47. The summed E-state index contributed by atoms with van der Waals surface area (Å²) in [6.07, 6.45) is 1.07. The molecule has 0 spiro atoms. The second kappa shape index (κ2) is 6.47. The summed E-state index contributed by atoms with van der Waals surface area (Å²) < 4.78 is 18.7. The second-order valence-electron chi connectivity index (χ2n) is 3.97. The van der Waals surface area contributed by atoms with Crippen molar-refractivity contribution in [2.45, 2.75) is 19.8 Å². The zero-order valence-electron chi connectivity index (χ0n) is 10.6. The van der Waals surface area contributed by atoms with Crippen LogP contribution in [-0.4, -0.2) is 24.1 Å². The number of carbonyl (C=O) groups is 1. The van der Waals surface area contributed by atoms with Crippen LogP contribution in [0, 0.1) is 5.82 Å². The fourth-order valence-corrected chi connectivity index (χ4v) is 2.55. The molecule has 0 saturated heterocycles. The van der Waals surface area contributed by atoms with E-state index in [1.54, 1.807) is 13.0 Å². The lowest BCUT2D eigenvalue weighted by Crippen LogP contribution is -2.07. The number of hydrogen-bond acceptors (Lipinski definition) is 5. The van der Waals surface area contributed by atoms with E-state index in [-0.39, 0.29) is 11.8 Å². The zero-order valence-corrected chi connectivity index (χ0v) is 11.4. The number of ether oxygens (including phenoxy) is 1. The lowest BCUT2D eigenvalue weighted by molar-refractivity contribution is -0.143. The largest absolute Gasteiger partial charge is 0.466 e. The molecule has 2 aromatic rings. The molecule has 4 nitrogen and oxygen atoms in total. The Labute approximate surface area is 114 Å². The molecular formula is C13H15FN2O2S. The monoisotopic (exact) mass is 282 g/mol. The molecule has 0 bridgehead atoms. The second-order valence-corrected chi connectivity index (χ2v) is 5.00. The Morgan fingerprint density at radius 2 is 2.37 bits per heavy atom. The van der Waals surface area contributed by atoms with E-state index in [1.807, 2.05) is 0 Å². The van der Waals surface area contributed by atoms with Gasteiger partial charge in [0.25, 0.3) is 0 Å². The first kappa shape index (κ1) is 13.7. The normalized spacial score (nSPS) is 10.6. The van der Waals surface area contributed by atoms with Crippen LogP contribution in [0.15, 0.2) is 18.2 Å². The number of nitrogens with one attached hydrogen (secondary N) is 1. The van der Waals surface area contributed by atoms with E-state index in [0.29, 0.717) is 26.0 Å². The molecule has 102 valence electrons. The molecule has 0 amide bonds. The highest BCUT2D eigenvalue weighted by Crippen LogP contribution is 2.26. The number of halogens is 1. The van der Waals surface area contributed by atoms with Crippen LogP contribution in [0.4, 0.5) is 9.52 Å². The topological polar surface area (TPSA) is 51.2 Å². The summed E-state index contributed by atoms with van der Waals surface area (Å²) >= 11 is 1.40. The van der Waals surface area contributed by atoms with Crippen LogP contribution in [0.25, 0.3) is 10.2 Å². The van der Waals surface area contributed by atoms with Gasteiger partial charge in [0.05, 0.1) is 16.8 Å². The summed E-state index contributed by atoms with van der Waals surface area (Å²) in [5.41, 5.74) is 0.777. The van der Waals surface area contributed by atoms with Crippen LogP contribution >= 0.6 is 11.3 Å². The Morgan fingerprint density at radius 3 is 3.16 bits per heavy atom. The van der Waals surface area contributed by atoms with Crippen molar-refractivity contribution in [2.24, 2.45) is 0 Å². The summed E-state index contributed by atoms with van der Waals surface area (Å²) in [4.78, 5) is 15.5. The van der Waals surface area contributed by atoms with Crippen molar-refractivity contribution in [3.8, 4) is 0 Å². The Kier molecular flexibility index (Phi) is 4.68. The van der Waals surface area contributed by atoms with E-state index in [9.17, 15) is 9.18 Å². The maximum Gasteiger partial charge on any atom is 0.305 e. The van der Waals surface area contributed by atoms with E-state index < -0.39 is 0 Å². The van der Waals surface area contributed by atoms with Gasteiger partial charge in [0.1, 0.15) is 5.82 Å². The summed E-state index contributed by atoms with van der Waals surface area (Å²) in [5, 5.41) is 3.87. The average Bonchev–Trinajstić information content (AvgIpc) is 2.77. The Hall–Kier alpha value is -1.69. The molecule has 0 radical (unpaired) electrons. The molecule has 0 atom stereocenters. The van der Waals surface area contributed by atoms with Crippen molar-refractivity contribution in [1.29, 1.82) is 0 Å². The van der Waals surface area contributed by atoms with E-state index in [4.69, 9.17) is 4.74 Å². The van der Waals surface area contributed by atoms with Gasteiger partial charge >= 0.3 is 5.97 Å². The fraction of sp³-hybridized carbons (Fsp3) is 0.385. The van der Waals surface area contributed by atoms with Crippen molar-refractivity contribution in [3.63, 3.8) is 0 Å². The number of thiazole rings is 1. The molecule has 6 heteroatoms. The predicted molar refractivity (Wildman–Crippen MR) is 73.9 cm³/mol. The van der Waals surface area contributed by atoms with Gasteiger partial charge in [0, 0.05) is 13.0 Å². The van der Waals surface area contributed by atoms with E-state index in [2.05, 4.69) is 10.3 Å². The highest BCUT2D eigenvalue weighted by Gasteiger charge is 2.05. The standard InChI is InChI=1S/C13H15FN2O2S/c1-2-18-12(17)4-3-7-15-13-16-10-6-5-9(14)8-11(10)19-13/h5-6,8H,2-4,7H2,1H3,(H,15,16). The van der Waals surface area contributed by atoms with Crippen LogP contribution in [0.5, 0.6) is 0 Å². The first-order chi connectivity index (χ1) is 9.19. The minimum Gasteiger partial charge on any atom is -0.466 e. The summed E-state index contributed by atoms with van der Waals surface area (Å²) in [7, 11) is 0. The Morgan fingerprint density at radius 1 is 1.53 bits per heavy atom. The van der Waals surface area contributed by atoms with Gasteiger partial charge in [-0.1, -0.05) is 11.3 Å². The van der Waals surface area contributed by atoms with Crippen molar-refractivity contribution < 1.29 is 13.9 Å². The lowest BCUT2D eigenvalue weighted by Gasteiger charge is -2.02. The zero-order chi connectivity index (χ0) is 13.7. The molecule has 0 fully saturated rings. The number of hydrogen-bond donors (Lipinski definition) is 1. The highest BCUT2D eigenvalue weighted by molar-refractivity contribution is 7.22. The number of fused-ring (bicyclic) bond motifs is 1. The van der Waals surface area contributed by atoms with Crippen LogP contribution < -0.4 is 5.32 Å². The predicted octanol–water partition coefficient (Wildman–Crippen LogP) is 3.19. The van der Waals surface area contributed by atoms with E-state index in [0.717, 1.165) is 15.3 Å². The number of aromatic nitrogens is 1. The van der Waals surface area contributed by atoms with Gasteiger partial charge in [-0.05, 0) is 31.5 Å². The van der Waals surface area contributed by atoms with Gasteiger partial charge in [0.2, 0.25) is 0 Å². The quantitative estimate of drug-likeness (QED) is 0.653. The molecule has 1 heterocycles. The highest BCUT2D eigenvalue weighted by atomic mass is 32.1. The smallest absolute Gasteiger partial charge is 0.305 e. The third kappa shape index (κ3) is 3.89. The first-order valence-electron chi connectivity index (χ1n) is 6.14. The minimum absolute atomic E-state index is 0.185. The van der Waals surface area contributed by atoms with Crippen LogP contribution in [0.2, 0.25) is 0 Å². The van der Waals surface area contributed by atoms with Gasteiger partial charge in [-0.25, -0.2) is 9.37 Å². The number of benzene rings is 1. The molecule has 19 heavy (non-hydrogen) atoms. The molecule has 0 aliphatic rings. The van der Waals surface area contributed by atoms with Crippen molar-refractivity contribution in [2.75, 3.05) is 18.5 Å². The van der Waals surface area contributed by atoms with Gasteiger partial charge < -0.3 is 10.1 Å². The van der Waals surface area contributed by atoms with Crippen molar-refractivity contribution in [1.82, 2.24) is 4.98 Å². The van der Waals surface area contributed by atoms with Crippen molar-refractivity contribution >= 4 is 32.7 Å². The van der Waals surface area contributed by atoms with E-state index in [1.165, 1.54) is 23.5 Å². The van der Waals surface area contributed by atoms with Gasteiger partial charge in [-0.15, -0.1) is 0 Å². The minimum atomic E-state index is -0.259. The van der Waals surface area contributed by atoms with Crippen LogP contribution in [0.3, 0.4) is 0 Å². The maximum atomic E-state index is 13.0. The van der Waals surface area contributed by atoms with Gasteiger partial charge in [0.15, 0.2) is 5.13 Å². The number of nitrogens with zero attached hydrogens (tertiary/aromatic N) is 1. The molecular weight excluding hydrogens is 267 g/mol. The third-order valence-electron chi connectivity index (χ3n) is 2.49. The number of esters is 1. The average molecular weight is 282 g/mol. The van der Waals surface area contributed by atoms with Crippen molar-refractivity contribution in [3.05, 3.63) is 24.0 Å². The Balaban J connectivity index is 1.83. The molecule has 0 aliphatic heterocycles. The molecule has 1 N–H and O–H groups in total. The lowest BCUT2D eigenvalue weighted by atomic mass is 10.3. The molecule has 0 aliphatic carbocycles. The van der Waals surface area contributed by atoms with Crippen LogP contribution in [0.1, 0.15) is 19.8 Å². The van der Waals surface area contributed by atoms with Gasteiger partial charge in [-0.3, -0.25) is 4.79 Å². The van der Waals surface area contributed by atoms with E-state index >= 15 is 0 Å². The number of anilines is 1. The first-order valence-corrected chi connectivity index (χ1v) is 6.96. The summed E-state index contributed by atoms with van der Waals surface area (Å²) in [6.45, 7) is 2.84. The number of rotatable bonds is 6. The molecule has 0 unspecified atom stereocenters. The van der Waals surface area contributed by atoms with Crippen LogP contribution in [-0.2, 0) is 9.53 Å². The molecule has 2 rings (SSSR count). The molecule has 1 aromatic heterocycles. The fourth-order valence-electron chi connectivity index (χ4n) is 1.64. The summed E-state index contributed by atoms with van der Waals surface area (Å²) in [5.74, 6) is -0.444. The molecule has 0 saturated carbocycles. The SMILES string of the molecule is CCOC(=O)CCCNc1nc2ccc(F)cc2s1. The maximum absolute atomic E-state index is 13.0. The number of carbonyl (C=O) groups excluding carboxylic acids is 1. The summed E-state index contributed by atoms with van der Waals surface area (Å²) in [6, 6.07) is 4.52. The molecule has 1 aromatic carbocycles. The Bertz CT molecular complexity index is 571. The van der Waals surface area contributed by atoms with Gasteiger partial charge in [-0.2, -0.15) is 0 Å².